The van der Waals surface area contributed by atoms with Crippen molar-refractivity contribution >= 4 is 10.3 Å². The Bertz CT molecular complexity index is 94.0. The van der Waals surface area contributed by atoms with E-state index in [2.05, 4.69) is 5.14 Å². The zero-order valence-corrected chi connectivity index (χ0v) is 4.81. The third-order valence-electron chi connectivity index (χ3n) is 0. The molecule has 42 valence electrons. The van der Waals surface area contributed by atoms with Crippen molar-refractivity contribution in [1.29, 1.82) is 0 Å². The SMILES string of the molecule is NS(=O)(=O)[O-].[Ag+]. The third kappa shape index (κ3) is 161. The number of nitrogens with two attached hydrogens (primary N) is 1. The predicted molar refractivity (Wildman–Crippen MR) is 13.9 cm³/mol. The van der Waals surface area contributed by atoms with Crippen molar-refractivity contribution in [2.75, 3.05) is 0 Å². The molecule has 2 N–H and O–H groups in total. The van der Waals surface area contributed by atoms with E-state index in [1.54, 1.807) is 0 Å². The molecule has 6 heavy (non-hydrogen) atoms. The van der Waals surface area contributed by atoms with Gasteiger partial charge in [-0.05, 0) is 0 Å². The molecule has 0 aromatic carbocycles. The van der Waals surface area contributed by atoms with Crippen LogP contribution in [0, 0.1) is 0 Å². The van der Waals surface area contributed by atoms with Crippen molar-refractivity contribution in [3.63, 3.8) is 0 Å². The van der Waals surface area contributed by atoms with E-state index in [1.165, 1.54) is 0 Å². The van der Waals surface area contributed by atoms with Gasteiger partial charge in [0.05, 0.1) is 0 Å². The van der Waals surface area contributed by atoms with Gasteiger partial charge in [-0.25, -0.2) is 13.6 Å². The second kappa shape index (κ2) is 2.73. The van der Waals surface area contributed by atoms with Gasteiger partial charge in [-0.1, -0.05) is 0 Å². The zero-order valence-electron chi connectivity index (χ0n) is 2.51. The summed E-state index contributed by atoms with van der Waals surface area (Å²) < 4.78 is 26.6. The maximum atomic E-state index is 8.85. The van der Waals surface area contributed by atoms with Gasteiger partial charge in [0.25, 0.3) is 0 Å². The maximum absolute atomic E-state index is 8.85. The summed E-state index contributed by atoms with van der Waals surface area (Å²) >= 11 is 0. The molecular formula is H2AgNO3S. The van der Waals surface area contributed by atoms with E-state index in [4.69, 9.17) is 13.0 Å². The van der Waals surface area contributed by atoms with Crippen molar-refractivity contribution in [3.05, 3.63) is 0 Å². The minimum atomic E-state index is -4.42. The Morgan fingerprint density at radius 3 is 1.50 bits per heavy atom. The number of hydrogen-bond donors (Lipinski definition) is 1. The second-order valence-corrected chi connectivity index (χ2v) is 1.48. The van der Waals surface area contributed by atoms with E-state index in [-0.39, 0.29) is 22.4 Å². The molecule has 0 aromatic rings. The van der Waals surface area contributed by atoms with Gasteiger partial charge in [-0.2, -0.15) is 0 Å². The topological polar surface area (TPSA) is 83.2 Å². The molecule has 0 unspecified atom stereocenters. The Morgan fingerprint density at radius 2 is 1.50 bits per heavy atom. The molecule has 4 nitrogen and oxygen atoms in total. The average molecular weight is 204 g/mol. The van der Waals surface area contributed by atoms with Crippen LogP contribution in [-0.2, 0) is 32.7 Å². The van der Waals surface area contributed by atoms with Crippen molar-refractivity contribution in [2.45, 2.75) is 0 Å². The van der Waals surface area contributed by atoms with Gasteiger partial charge in [-0.15, -0.1) is 0 Å². The molecule has 0 saturated heterocycles. The fourth-order valence-electron chi connectivity index (χ4n) is 0. The summed E-state index contributed by atoms with van der Waals surface area (Å²) in [6.45, 7) is 0. The van der Waals surface area contributed by atoms with Crippen LogP contribution in [0.15, 0.2) is 0 Å². The molecule has 6 heteroatoms. The molecule has 0 radical (unpaired) electrons. The van der Waals surface area contributed by atoms with Gasteiger partial charge >= 0.3 is 22.4 Å². The summed E-state index contributed by atoms with van der Waals surface area (Å²) in [6, 6.07) is 0. The Balaban J connectivity index is 0. The van der Waals surface area contributed by atoms with Crippen LogP contribution in [0.2, 0.25) is 0 Å². The Kier molecular flexibility index (Phi) is 4.45. The normalized spacial score (nSPS) is 9.67. The van der Waals surface area contributed by atoms with E-state index in [1.807, 2.05) is 0 Å². The molecule has 0 rings (SSSR count). The molecule has 0 aliphatic heterocycles. The smallest absolute Gasteiger partial charge is 0.736 e. The quantitative estimate of drug-likeness (QED) is 0.381. The molecule has 0 atom stereocenters. The molecule has 0 aliphatic rings. The Hall–Kier alpha value is 0.610. The van der Waals surface area contributed by atoms with Crippen molar-refractivity contribution in [3.8, 4) is 0 Å². The van der Waals surface area contributed by atoms with E-state index in [0.717, 1.165) is 0 Å². The molecule has 0 fully saturated rings. The van der Waals surface area contributed by atoms with Gasteiger partial charge < -0.3 is 4.55 Å². The summed E-state index contributed by atoms with van der Waals surface area (Å²) in [5, 5.41) is 3.77. The monoisotopic (exact) mass is 203 g/mol. The summed E-state index contributed by atoms with van der Waals surface area (Å²) in [7, 11) is -4.42. The van der Waals surface area contributed by atoms with Crippen LogP contribution in [0.25, 0.3) is 0 Å². The first-order chi connectivity index (χ1) is 2.00. The fraction of sp³-hybridized carbons (Fsp3) is 0. The summed E-state index contributed by atoms with van der Waals surface area (Å²) in [5.74, 6) is 0. The van der Waals surface area contributed by atoms with E-state index in [0.29, 0.717) is 0 Å². The minimum absolute atomic E-state index is 0. The second-order valence-electron chi connectivity index (χ2n) is 0.493. The molecule has 0 aromatic heterocycles. The van der Waals surface area contributed by atoms with Crippen LogP contribution < -0.4 is 5.14 Å². The van der Waals surface area contributed by atoms with Gasteiger partial charge in [0.15, 0.2) is 10.3 Å². The van der Waals surface area contributed by atoms with Gasteiger partial charge in [0.2, 0.25) is 0 Å². The molecule has 0 saturated carbocycles. The summed E-state index contributed by atoms with van der Waals surface area (Å²) in [6.07, 6.45) is 0. The largest absolute Gasteiger partial charge is 1.00 e. The molecule has 0 amide bonds. The van der Waals surface area contributed by atoms with E-state index < -0.39 is 10.3 Å². The summed E-state index contributed by atoms with van der Waals surface area (Å²) in [4.78, 5) is 0. The third-order valence-corrected chi connectivity index (χ3v) is 0. The van der Waals surface area contributed by atoms with E-state index >= 15 is 0 Å². The standard InChI is InChI=1S/Ag.H3NO3S/c;1-5(2,3)4/h;(H3,1,2,3,4)/q+1;/p-1. The van der Waals surface area contributed by atoms with Crippen molar-refractivity contribution in [1.82, 2.24) is 0 Å². The molecule has 0 spiro atoms. The fourth-order valence-corrected chi connectivity index (χ4v) is 0. The first-order valence-corrected chi connectivity index (χ1v) is 2.21. The van der Waals surface area contributed by atoms with Gasteiger partial charge in [0.1, 0.15) is 0 Å². The minimum Gasteiger partial charge on any atom is -0.736 e. The Morgan fingerprint density at radius 1 is 1.50 bits per heavy atom. The molecular weight excluding hydrogens is 202 g/mol. The predicted octanol–water partition coefficient (Wildman–Crippen LogP) is -1.60. The number of rotatable bonds is 0. The van der Waals surface area contributed by atoms with Crippen LogP contribution in [0.3, 0.4) is 0 Å². The first-order valence-electron chi connectivity index (χ1n) is 0.736. The molecule has 0 bridgehead atoms. The maximum Gasteiger partial charge on any atom is 1.00 e. The number of hydrogen-bond acceptors (Lipinski definition) is 3. The van der Waals surface area contributed by atoms with Crippen LogP contribution in [0.1, 0.15) is 0 Å². The zero-order chi connectivity index (χ0) is 4.50. The van der Waals surface area contributed by atoms with Crippen molar-refractivity contribution < 1.29 is 35.4 Å². The summed E-state index contributed by atoms with van der Waals surface area (Å²) in [5.41, 5.74) is 0. The van der Waals surface area contributed by atoms with Gasteiger partial charge in [0, 0.05) is 0 Å². The average Bonchev–Trinajstić information content (AvgIpc) is 0.722. The van der Waals surface area contributed by atoms with Crippen molar-refractivity contribution in [2.24, 2.45) is 5.14 Å². The molecule has 0 aliphatic carbocycles. The van der Waals surface area contributed by atoms with Crippen LogP contribution in [-0.4, -0.2) is 13.0 Å². The van der Waals surface area contributed by atoms with Crippen LogP contribution in [0.5, 0.6) is 0 Å². The first kappa shape index (κ1) is 9.79. The van der Waals surface area contributed by atoms with Crippen LogP contribution >= 0.6 is 0 Å². The Labute approximate surface area is 51.1 Å². The van der Waals surface area contributed by atoms with Crippen LogP contribution in [0.4, 0.5) is 0 Å². The van der Waals surface area contributed by atoms with Gasteiger partial charge in [-0.3, -0.25) is 0 Å². The van der Waals surface area contributed by atoms with E-state index in [9.17, 15) is 0 Å². The molecule has 0 heterocycles.